The van der Waals surface area contributed by atoms with Crippen LogP contribution in [-0.2, 0) is 16.6 Å². The zero-order chi connectivity index (χ0) is 14.3. The van der Waals surface area contributed by atoms with Crippen molar-refractivity contribution < 1.29 is 8.42 Å². The fourth-order valence-corrected chi connectivity index (χ4v) is 5.93. The van der Waals surface area contributed by atoms with Crippen LogP contribution in [0, 0.1) is 5.92 Å². The second-order valence-electron chi connectivity index (χ2n) is 5.93. The van der Waals surface area contributed by atoms with E-state index in [1.807, 2.05) is 6.92 Å². The zero-order valence-electron chi connectivity index (χ0n) is 12.1. The normalized spacial score (nSPS) is 26.6. The van der Waals surface area contributed by atoms with Gasteiger partial charge in [-0.25, -0.2) is 0 Å². The van der Waals surface area contributed by atoms with Crippen molar-refractivity contribution in [3.8, 4) is 0 Å². The Hall–Kier alpha value is -0.430. The van der Waals surface area contributed by atoms with E-state index in [1.165, 1.54) is 10.4 Å². The van der Waals surface area contributed by atoms with Crippen LogP contribution < -0.4 is 0 Å². The summed E-state index contributed by atoms with van der Waals surface area (Å²) >= 11 is 1.74. The fourth-order valence-electron chi connectivity index (χ4n) is 3.17. The van der Waals surface area contributed by atoms with E-state index in [0.717, 1.165) is 19.3 Å². The van der Waals surface area contributed by atoms with Crippen LogP contribution in [0.15, 0.2) is 11.4 Å². The lowest BCUT2D eigenvalue weighted by Crippen LogP contribution is -2.49. The zero-order valence-corrected chi connectivity index (χ0v) is 13.7. The number of rotatable bonds is 2. The Kier molecular flexibility index (Phi) is 3.92. The monoisotopic (exact) mass is 314 g/mol. The highest BCUT2D eigenvalue weighted by atomic mass is 32.2. The summed E-state index contributed by atoms with van der Waals surface area (Å²) in [5.41, 5.74) is 1.19. The molecule has 2 aliphatic heterocycles. The third kappa shape index (κ3) is 2.43. The first kappa shape index (κ1) is 14.5. The number of hydrogen-bond acceptors (Lipinski definition) is 3. The van der Waals surface area contributed by atoms with Crippen LogP contribution in [0.5, 0.6) is 0 Å². The van der Waals surface area contributed by atoms with Crippen LogP contribution in [0.2, 0.25) is 0 Å². The number of fused-ring (bicyclic) bond motifs is 1. The first-order valence-corrected chi connectivity index (χ1v) is 9.61. The Bertz CT molecular complexity index is 574. The molecule has 3 heterocycles. The van der Waals surface area contributed by atoms with Crippen molar-refractivity contribution in [1.82, 2.24) is 8.61 Å². The second-order valence-corrected chi connectivity index (χ2v) is 8.81. The first-order valence-electron chi connectivity index (χ1n) is 7.33. The summed E-state index contributed by atoms with van der Waals surface area (Å²) < 4.78 is 29.1. The van der Waals surface area contributed by atoms with Crippen LogP contribution in [0.4, 0.5) is 0 Å². The molecule has 1 aromatic heterocycles. The third-order valence-corrected chi connectivity index (χ3v) is 7.69. The second kappa shape index (κ2) is 5.40. The lowest BCUT2D eigenvalue weighted by molar-refractivity contribution is 0.245. The van der Waals surface area contributed by atoms with Crippen molar-refractivity contribution in [3.63, 3.8) is 0 Å². The standard InChI is InChI=1S/C14H22N2O2S2/c1-11-3-7-15(8-4-11)20(17,18)16-9-5-14-13(12(16)2)6-10-19-14/h6,10-12H,3-5,7-9H2,1-2H3/t12-/m0/s1. The predicted molar refractivity (Wildman–Crippen MR) is 82.0 cm³/mol. The van der Waals surface area contributed by atoms with E-state index in [0.29, 0.717) is 25.6 Å². The molecule has 0 radical (unpaired) electrons. The molecule has 0 bridgehead atoms. The van der Waals surface area contributed by atoms with Gasteiger partial charge in [0.2, 0.25) is 0 Å². The minimum absolute atomic E-state index is 0.0330. The van der Waals surface area contributed by atoms with Crippen molar-refractivity contribution in [3.05, 3.63) is 21.9 Å². The Morgan fingerprint density at radius 3 is 2.60 bits per heavy atom. The topological polar surface area (TPSA) is 40.6 Å². The number of piperidine rings is 1. The highest BCUT2D eigenvalue weighted by molar-refractivity contribution is 7.86. The van der Waals surface area contributed by atoms with E-state index in [4.69, 9.17) is 0 Å². The molecule has 0 N–H and O–H groups in total. The molecule has 2 aliphatic rings. The number of hydrogen-bond donors (Lipinski definition) is 0. The lowest BCUT2D eigenvalue weighted by Gasteiger charge is -2.38. The number of thiophene rings is 1. The molecule has 0 saturated carbocycles. The van der Waals surface area contributed by atoms with Gasteiger partial charge in [0.1, 0.15) is 0 Å². The summed E-state index contributed by atoms with van der Waals surface area (Å²) in [5.74, 6) is 0.642. The highest BCUT2D eigenvalue weighted by Gasteiger charge is 2.38. The molecule has 0 unspecified atom stereocenters. The largest absolute Gasteiger partial charge is 0.282 e. The first-order chi connectivity index (χ1) is 9.50. The minimum Gasteiger partial charge on any atom is -0.195 e. The molecule has 6 heteroatoms. The molecule has 0 aliphatic carbocycles. The van der Waals surface area contributed by atoms with E-state index in [1.54, 1.807) is 19.9 Å². The van der Waals surface area contributed by atoms with Gasteiger partial charge >= 0.3 is 0 Å². The average Bonchev–Trinajstić information content (AvgIpc) is 2.88. The van der Waals surface area contributed by atoms with Crippen molar-refractivity contribution in [2.24, 2.45) is 5.92 Å². The van der Waals surface area contributed by atoms with Gasteiger partial charge < -0.3 is 0 Å². The van der Waals surface area contributed by atoms with E-state index in [-0.39, 0.29) is 6.04 Å². The Balaban J connectivity index is 1.82. The molecule has 3 rings (SSSR count). The molecular formula is C14H22N2O2S2. The van der Waals surface area contributed by atoms with E-state index >= 15 is 0 Å². The Morgan fingerprint density at radius 2 is 1.90 bits per heavy atom. The Labute approximate surface area is 125 Å². The summed E-state index contributed by atoms with van der Waals surface area (Å²) in [5, 5.41) is 2.07. The van der Waals surface area contributed by atoms with Gasteiger partial charge in [0, 0.05) is 30.6 Å². The van der Waals surface area contributed by atoms with Gasteiger partial charge in [-0.05, 0) is 49.1 Å². The summed E-state index contributed by atoms with van der Waals surface area (Å²) in [4.78, 5) is 1.34. The van der Waals surface area contributed by atoms with Gasteiger partial charge in [-0.15, -0.1) is 11.3 Å². The van der Waals surface area contributed by atoms with Gasteiger partial charge in [-0.2, -0.15) is 17.0 Å². The van der Waals surface area contributed by atoms with Gasteiger partial charge in [0.15, 0.2) is 0 Å². The maximum Gasteiger partial charge on any atom is 0.282 e. The van der Waals surface area contributed by atoms with Crippen LogP contribution in [0.1, 0.15) is 43.2 Å². The maximum absolute atomic E-state index is 12.8. The van der Waals surface area contributed by atoms with Gasteiger partial charge in [-0.3, -0.25) is 0 Å². The molecule has 1 atom stereocenters. The summed E-state index contributed by atoms with van der Waals surface area (Å²) in [6.07, 6.45) is 2.80. The number of nitrogens with zero attached hydrogens (tertiary/aromatic N) is 2. The molecular weight excluding hydrogens is 292 g/mol. The molecule has 4 nitrogen and oxygen atoms in total. The van der Waals surface area contributed by atoms with Crippen LogP contribution in [0.3, 0.4) is 0 Å². The van der Waals surface area contributed by atoms with Crippen LogP contribution in [0.25, 0.3) is 0 Å². The molecule has 20 heavy (non-hydrogen) atoms. The maximum atomic E-state index is 12.8. The molecule has 112 valence electrons. The van der Waals surface area contributed by atoms with Crippen molar-refractivity contribution >= 4 is 21.5 Å². The fraction of sp³-hybridized carbons (Fsp3) is 0.714. The SMILES string of the molecule is CC1CCN(S(=O)(=O)N2CCc3sccc3[C@@H]2C)CC1. The lowest BCUT2D eigenvalue weighted by atomic mass is 10.0. The van der Waals surface area contributed by atoms with E-state index in [2.05, 4.69) is 18.4 Å². The van der Waals surface area contributed by atoms with E-state index in [9.17, 15) is 8.42 Å². The van der Waals surface area contributed by atoms with Gasteiger partial charge in [0.25, 0.3) is 10.2 Å². The van der Waals surface area contributed by atoms with Crippen LogP contribution in [-0.4, -0.2) is 36.7 Å². The predicted octanol–water partition coefficient (Wildman–Crippen LogP) is 2.64. The third-order valence-electron chi connectivity index (χ3n) is 4.59. The van der Waals surface area contributed by atoms with E-state index < -0.39 is 10.2 Å². The highest BCUT2D eigenvalue weighted by Crippen LogP contribution is 2.35. The summed E-state index contributed by atoms with van der Waals surface area (Å²) in [6.45, 7) is 6.16. The van der Waals surface area contributed by atoms with Gasteiger partial charge in [-0.1, -0.05) is 6.92 Å². The Morgan fingerprint density at radius 1 is 1.20 bits per heavy atom. The van der Waals surface area contributed by atoms with Crippen molar-refractivity contribution in [1.29, 1.82) is 0 Å². The summed E-state index contributed by atoms with van der Waals surface area (Å²) in [7, 11) is -3.31. The molecule has 0 aromatic carbocycles. The van der Waals surface area contributed by atoms with Crippen molar-refractivity contribution in [2.45, 2.75) is 39.2 Å². The molecule has 1 fully saturated rings. The minimum atomic E-state index is -3.31. The molecule has 1 saturated heterocycles. The van der Waals surface area contributed by atoms with Crippen LogP contribution >= 0.6 is 11.3 Å². The summed E-state index contributed by atoms with van der Waals surface area (Å²) in [6, 6.07) is 2.04. The van der Waals surface area contributed by atoms with Crippen molar-refractivity contribution in [2.75, 3.05) is 19.6 Å². The molecule has 1 aromatic rings. The quantitative estimate of drug-likeness (QED) is 0.842. The molecule has 0 spiro atoms. The smallest absolute Gasteiger partial charge is 0.195 e. The molecule has 0 amide bonds. The average molecular weight is 314 g/mol. The van der Waals surface area contributed by atoms with Gasteiger partial charge in [0.05, 0.1) is 0 Å².